The molecule has 0 spiro atoms. The van der Waals surface area contributed by atoms with Crippen LogP contribution in [0, 0.1) is 0 Å². The molecule has 40 heavy (non-hydrogen) atoms. The molecule has 8 heteroatoms. The number of alkyl carbamates (subject to hydrolysis) is 1. The number of piperidine rings is 1. The van der Waals surface area contributed by atoms with E-state index in [9.17, 15) is 19.5 Å². The van der Waals surface area contributed by atoms with E-state index in [-0.39, 0.29) is 18.9 Å². The Morgan fingerprint density at radius 2 is 1.50 bits per heavy atom. The number of likely N-dealkylation sites (tertiary alicyclic amines) is 1. The minimum Gasteiger partial charge on any atom is -0.480 e. The van der Waals surface area contributed by atoms with Crippen LogP contribution in [-0.4, -0.2) is 59.3 Å². The first-order chi connectivity index (χ1) is 19.3. The van der Waals surface area contributed by atoms with Gasteiger partial charge in [-0.15, -0.1) is 0 Å². The number of fused-ring (bicyclic) bond motifs is 3. The van der Waals surface area contributed by atoms with Crippen LogP contribution >= 0.6 is 0 Å². The van der Waals surface area contributed by atoms with Crippen molar-refractivity contribution in [3.8, 4) is 11.1 Å². The molecule has 1 saturated heterocycles. The molecule has 0 unspecified atom stereocenters. The van der Waals surface area contributed by atoms with Gasteiger partial charge >= 0.3 is 12.1 Å². The molecule has 0 bridgehead atoms. The number of carbonyl (C=O) groups is 3. The molecule has 0 saturated carbocycles. The van der Waals surface area contributed by atoms with E-state index in [1.165, 1.54) is 12.5 Å². The molecular formula is C32H35N3O5. The number of carbonyl (C=O) groups excluding carboxylic acids is 2. The number of aliphatic carboxylic acids is 1. The van der Waals surface area contributed by atoms with Crippen LogP contribution in [-0.2, 0) is 20.9 Å². The van der Waals surface area contributed by atoms with Gasteiger partial charge in [0.15, 0.2) is 0 Å². The molecule has 2 aliphatic rings. The van der Waals surface area contributed by atoms with Crippen LogP contribution in [0.5, 0.6) is 0 Å². The van der Waals surface area contributed by atoms with E-state index in [1.807, 2.05) is 42.5 Å². The molecule has 1 heterocycles. The second-order valence-corrected chi connectivity index (χ2v) is 10.8. The van der Waals surface area contributed by atoms with Gasteiger partial charge in [0.05, 0.1) is 5.54 Å². The van der Waals surface area contributed by atoms with E-state index >= 15 is 0 Å². The second kappa shape index (κ2) is 11.9. The third-order valence-corrected chi connectivity index (χ3v) is 8.02. The first-order valence-corrected chi connectivity index (χ1v) is 13.8. The lowest BCUT2D eigenvalue weighted by atomic mass is 9.83. The van der Waals surface area contributed by atoms with Gasteiger partial charge in [0.2, 0.25) is 5.91 Å². The van der Waals surface area contributed by atoms with Gasteiger partial charge in [-0.25, -0.2) is 4.79 Å². The van der Waals surface area contributed by atoms with Crippen molar-refractivity contribution in [2.75, 3.05) is 19.7 Å². The zero-order chi connectivity index (χ0) is 28.1. The van der Waals surface area contributed by atoms with Gasteiger partial charge in [-0.05, 0) is 47.6 Å². The predicted molar refractivity (Wildman–Crippen MR) is 152 cm³/mol. The summed E-state index contributed by atoms with van der Waals surface area (Å²) in [6, 6.07) is 25.5. The molecule has 0 radical (unpaired) electrons. The molecule has 0 aromatic heterocycles. The summed E-state index contributed by atoms with van der Waals surface area (Å²) in [5.41, 5.74) is 4.92. The molecule has 5 rings (SSSR count). The fourth-order valence-electron chi connectivity index (χ4n) is 5.84. The van der Waals surface area contributed by atoms with Gasteiger partial charge in [-0.2, -0.15) is 0 Å². The highest BCUT2D eigenvalue weighted by Crippen LogP contribution is 2.44. The average molecular weight is 542 g/mol. The smallest absolute Gasteiger partial charge is 0.407 e. The van der Waals surface area contributed by atoms with Gasteiger partial charge in [0.1, 0.15) is 12.6 Å². The van der Waals surface area contributed by atoms with Gasteiger partial charge in [0.25, 0.3) is 0 Å². The maximum atomic E-state index is 13.2. The summed E-state index contributed by atoms with van der Waals surface area (Å²) >= 11 is 0. The van der Waals surface area contributed by atoms with E-state index in [0.717, 1.165) is 28.8 Å². The monoisotopic (exact) mass is 541 g/mol. The highest BCUT2D eigenvalue weighted by atomic mass is 16.5. The number of hydrogen-bond donors (Lipinski definition) is 3. The van der Waals surface area contributed by atoms with Gasteiger partial charge in [-0.1, -0.05) is 78.9 Å². The number of amides is 2. The lowest BCUT2D eigenvalue weighted by molar-refractivity contribution is -0.141. The van der Waals surface area contributed by atoms with Gasteiger partial charge < -0.3 is 20.5 Å². The highest BCUT2D eigenvalue weighted by molar-refractivity contribution is 5.84. The van der Waals surface area contributed by atoms with Crippen LogP contribution < -0.4 is 10.6 Å². The molecular weight excluding hydrogens is 506 g/mol. The maximum absolute atomic E-state index is 13.2. The molecule has 3 aromatic carbocycles. The first kappa shape index (κ1) is 27.4. The van der Waals surface area contributed by atoms with Crippen LogP contribution in [0.3, 0.4) is 0 Å². The Morgan fingerprint density at radius 3 is 2.10 bits per heavy atom. The molecule has 2 amide bonds. The number of hydrogen-bond acceptors (Lipinski definition) is 5. The SMILES string of the molecule is C[C@H](NC(=O)CC1(NC(=O)OCC2c3ccccc3-c3ccccc32)CCN(Cc2ccccc2)CC1)C(=O)O. The summed E-state index contributed by atoms with van der Waals surface area (Å²) in [5.74, 6) is -1.59. The van der Waals surface area contributed by atoms with E-state index in [0.29, 0.717) is 25.9 Å². The fourth-order valence-corrected chi connectivity index (χ4v) is 5.84. The molecule has 8 nitrogen and oxygen atoms in total. The Balaban J connectivity index is 1.26. The highest BCUT2D eigenvalue weighted by Gasteiger charge is 2.39. The van der Waals surface area contributed by atoms with Crippen molar-refractivity contribution >= 4 is 18.0 Å². The van der Waals surface area contributed by atoms with Crippen molar-refractivity contribution in [1.29, 1.82) is 0 Å². The molecule has 208 valence electrons. The number of nitrogens with one attached hydrogen (secondary N) is 2. The first-order valence-electron chi connectivity index (χ1n) is 13.8. The van der Waals surface area contributed by atoms with Crippen LogP contribution in [0.15, 0.2) is 78.9 Å². The molecule has 1 aliphatic carbocycles. The standard InChI is InChI=1S/C32H35N3O5/c1-22(30(37)38)33-29(36)19-32(15-17-35(18-16-32)20-23-9-3-2-4-10-23)34-31(39)40-21-28-26-13-7-5-11-24(26)25-12-6-8-14-27(25)28/h2-14,22,28H,15-21H2,1H3,(H,33,36)(H,34,39)(H,37,38)/t22-/m0/s1. The van der Waals surface area contributed by atoms with Crippen LogP contribution in [0.4, 0.5) is 4.79 Å². The molecule has 1 atom stereocenters. The lowest BCUT2D eigenvalue weighted by Crippen LogP contribution is -2.57. The van der Waals surface area contributed by atoms with Crippen molar-refractivity contribution in [3.63, 3.8) is 0 Å². The Morgan fingerprint density at radius 1 is 0.925 bits per heavy atom. The maximum Gasteiger partial charge on any atom is 0.407 e. The van der Waals surface area contributed by atoms with E-state index < -0.39 is 29.6 Å². The van der Waals surface area contributed by atoms with Crippen molar-refractivity contribution in [2.24, 2.45) is 0 Å². The van der Waals surface area contributed by atoms with Crippen molar-refractivity contribution in [2.45, 2.75) is 50.2 Å². The summed E-state index contributed by atoms with van der Waals surface area (Å²) in [5, 5.41) is 14.8. The van der Waals surface area contributed by atoms with Gasteiger partial charge in [0, 0.05) is 32.0 Å². The summed E-state index contributed by atoms with van der Waals surface area (Å²) in [4.78, 5) is 39.6. The van der Waals surface area contributed by atoms with Gasteiger partial charge in [-0.3, -0.25) is 14.5 Å². The molecule has 1 fully saturated rings. The second-order valence-electron chi connectivity index (χ2n) is 10.8. The average Bonchev–Trinajstić information content (AvgIpc) is 3.27. The number of carboxylic acids is 1. The topological polar surface area (TPSA) is 108 Å². The fraction of sp³-hybridized carbons (Fsp3) is 0.344. The molecule has 3 N–H and O–H groups in total. The number of carboxylic acid groups (broad SMARTS) is 1. The number of benzene rings is 3. The minimum atomic E-state index is -1.11. The summed E-state index contributed by atoms with van der Waals surface area (Å²) in [6.07, 6.45) is 0.490. The Kier molecular flexibility index (Phi) is 8.16. The summed E-state index contributed by atoms with van der Waals surface area (Å²) in [6.45, 7) is 3.75. The van der Waals surface area contributed by atoms with Crippen molar-refractivity contribution < 1.29 is 24.2 Å². The largest absolute Gasteiger partial charge is 0.480 e. The molecule has 3 aromatic rings. The van der Waals surface area contributed by atoms with Crippen molar-refractivity contribution in [3.05, 3.63) is 95.6 Å². The number of ether oxygens (including phenoxy) is 1. The quantitative estimate of drug-likeness (QED) is 0.367. The van der Waals surface area contributed by atoms with Crippen LogP contribution in [0.1, 0.15) is 48.8 Å². The van der Waals surface area contributed by atoms with E-state index in [2.05, 4.69) is 51.9 Å². The minimum absolute atomic E-state index is 0.0198. The Bertz CT molecular complexity index is 1320. The van der Waals surface area contributed by atoms with Crippen LogP contribution in [0.2, 0.25) is 0 Å². The van der Waals surface area contributed by atoms with E-state index in [4.69, 9.17) is 4.74 Å². The predicted octanol–water partition coefficient (Wildman–Crippen LogP) is 4.54. The number of rotatable bonds is 9. The Hall–Kier alpha value is -4.17. The summed E-state index contributed by atoms with van der Waals surface area (Å²) in [7, 11) is 0. The third-order valence-electron chi connectivity index (χ3n) is 8.02. The normalized spacial score (nSPS) is 16.8. The lowest BCUT2D eigenvalue weighted by Gasteiger charge is -2.42. The third kappa shape index (κ3) is 6.18. The summed E-state index contributed by atoms with van der Waals surface area (Å²) < 4.78 is 5.80. The zero-order valence-corrected chi connectivity index (χ0v) is 22.6. The number of nitrogens with zero attached hydrogens (tertiary/aromatic N) is 1. The van der Waals surface area contributed by atoms with Crippen LogP contribution in [0.25, 0.3) is 11.1 Å². The zero-order valence-electron chi connectivity index (χ0n) is 22.6. The Labute approximate surface area is 234 Å². The van der Waals surface area contributed by atoms with Crippen molar-refractivity contribution in [1.82, 2.24) is 15.5 Å². The molecule has 1 aliphatic heterocycles. The van der Waals surface area contributed by atoms with E-state index in [1.54, 1.807) is 0 Å².